The highest BCUT2D eigenvalue weighted by Crippen LogP contribution is 2.15. The summed E-state index contributed by atoms with van der Waals surface area (Å²) in [7, 11) is 0. The van der Waals surface area contributed by atoms with Gasteiger partial charge >= 0.3 is 0 Å². The Balaban J connectivity index is 2.37. The number of nitrogens with one attached hydrogen (secondary N) is 1. The zero-order valence-electron chi connectivity index (χ0n) is 12.8. The fraction of sp³-hybridized carbons (Fsp3) is 0.857. The van der Waals surface area contributed by atoms with Crippen LogP contribution < -0.4 is 11.1 Å². The van der Waals surface area contributed by atoms with Gasteiger partial charge < -0.3 is 20.7 Å². The maximum absolute atomic E-state index is 11.9. The van der Waals surface area contributed by atoms with Crippen LogP contribution in [0.5, 0.6) is 0 Å². The van der Waals surface area contributed by atoms with Gasteiger partial charge in [0, 0.05) is 32.5 Å². The van der Waals surface area contributed by atoms with Crippen LogP contribution in [0.2, 0.25) is 0 Å². The Kier molecular flexibility index (Phi) is 6.42. The topological polar surface area (TPSA) is 84.7 Å². The third-order valence-electron chi connectivity index (χ3n) is 4.05. The molecule has 1 atom stereocenters. The van der Waals surface area contributed by atoms with Crippen molar-refractivity contribution in [3.63, 3.8) is 0 Å². The summed E-state index contributed by atoms with van der Waals surface area (Å²) in [6.45, 7) is 8.75. The van der Waals surface area contributed by atoms with E-state index in [0.29, 0.717) is 32.8 Å². The molecule has 0 aliphatic carbocycles. The predicted octanol–water partition coefficient (Wildman–Crippen LogP) is 0.115. The zero-order valence-corrected chi connectivity index (χ0v) is 12.8. The molecule has 1 heterocycles. The quantitative estimate of drug-likeness (QED) is 0.725. The van der Waals surface area contributed by atoms with Gasteiger partial charge in [-0.15, -0.1) is 0 Å². The van der Waals surface area contributed by atoms with E-state index < -0.39 is 5.54 Å². The Morgan fingerprint density at radius 1 is 1.30 bits per heavy atom. The van der Waals surface area contributed by atoms with Gasteiger partial charge in [0.25, 0.3) is 0 Å². The van der Waals surface area contributed by atoms with Crippen molar-refractivity contribution >= 4 is 11.8 Å². The van der Waals surface area contributed by atoms with E-state index in [1.54, 1.807) is 4.90 Å². The molecular formula is C14H27N3O3. The summed E-state index contributed by atoms with van der Waals surface area (Å²) < 4.78 is 5.20. The van der Waals surface area contributed by atoms with Crippen LogP contribution in [0.25, 0.3) is 0 Å². The van der Waals surface area contributed by atoms with Gasteiger partial charge in [-0.1, -0.05) is 13.8 Å². The molecule has 1 fully saturated rings. The number of hydrogen-bond donors (Lipinski definition) is 2. The van der Waals surface area contributed by atoms with E-state index in [-0.39, 0.29) is 30.6 Å². The number of hydrogen-bond acceptors (Lipinski definition) is 4. The van der Waals surface area contributed by atoms with Gasteiger partial charge in [-0.05, 0) is 12.8 Å². The number of morpholine rings is 1. The largest absolute Gasteiger partial charge is 0.378 e. The maximum Gasteiger partial charge on any atom is 0.223 e. The third kappa shape index (κ3) is 4.76. The fourth-order valence-corrected chi connectivity index (χ4v) is 2.00. The van der Waals surface area contributed by atoms with Crippen molar-refractivity contribution in [2.45, 2.75) is 39.2 Å². The molecule has 0 aromatic rings. The molecule has 1 aliphatic heterocycles. The minimum absolute atomic E-state index is 0.0162. The average Bonchev–Trinajstić information content (AvgIpc) is 2.45. The molecule has 0 saturated carbocycles. The first-order chi connectivity index (χ1) is 9.39. The minimum Gasteiger partial charge on any atom is -0.378 e. The highest BCUT2D eigenvalue weighted by Gasteiger charge is 2.28. The highest BCUT2D eigenvalue weighted by atomic mass is 16.5. The normalized spacial score (nSPS) is 18.8. The van der Waals surface area contributed by atoms with Crippen molar-refractivity contribution in [1.82, 2.24) is 10.2 Å². The zero-order chi connectivity index (χ0) is 15.2. The van der Waals surface area contributed by atoms with E-state index in [9.17, 15) is 9.59 Å². The first-order valence-corrected chi connectivity index (χ1v) is 7.25. The van der Waals surface area contributed by atoms with Crippen molar-refractivity contribution in [1.29, 1.82) is 0 Å². The molecule has 2 amide bonds. The fourth-order valence-electron chi connectivity index (χ4n) is 2.00. The van der Waals surface area contributed by atoms with Crippen LogP contribution >= 0.6 is 0 Å². The Morgan fingerprint density at radius 2 is 1.90 bits per heavy atom. The Morgan fingerprint density at radius 3 is 2.40 bits per heavy atom. The maximum atomic E-state index is 11.9. The first-order valence-electron chi connectivity index (χ1n) is 7.25. The SMILES string of the molecule is CC(C)C(C)(CN)NC(=O)CCC(=O)N1CCOCC1. The lowest BCUT2D eigenvalue weighted by atomic mass is 9.88. The third-order valence-corrected chi connectivity index (χ3v) is 4.05. The van der Waals surface area contributed by atoms with Crippen molar-refractivity contribution in [2.24, 2.45) is 11.7 Å². The minimum atomic E-state index is -0.418. The van der Waals surface area contributed by atoms with Gasteiger partial charge in [0.15, 0.2) is 0 Å². The summed E-state index contributed by atoms with van der Waals surface area (Å²) >= 11 is 0. The van der Waals surface area contributed by atoms with E-state index in [4.69, 9.17) is 10.5 Å². The summed E-state index contributed by atoms with van der Waals surface area (Å²) in [4.78, 5) is 25.6. The molecule has 1 rings (SSSR count). The van der Waals surface area contributed by atoms with Crippen LogP contribution in [0.15, 0.2) is 0 Å². The van der Waals surface area contributed by atoms with Gasteiger partial charge in [0.1, 0.15) is 0 Å². The highest BCUT2D eigenvalue weighted by molar-refractivity contribution is 5.84. The molecular weight excluding hydrogens is 258 g/mol. The molecule has 0 spiro atoms. The van der Waals surface area contributed by atoms with E-state index in [2.05, 4.69) is 5.32 Å². The van der Waals surface area contributed by atoms with E-state index in [1.807, 2.05) is 20.8 Å². The molecule has 116 valence electrons. The molecule has 3 N–H and O–H groups in total. The Bertz CT molecular complexity index is 341. The monoisotopic (exact) mass is 285 g/mol. The lowest BCUT2D eigenvalue weighted by Crippen LogP contribution is -2.55. The van der Waals surface area contributed by atoms with Crippen LogP contribution in [0.3, 0.4) is 0 Å². The average molecular weight is 285 g/mol. The lowest BCUT2D eigenvalue weighted by Gasteiger charge is -2.33. The van der Waals surface area contributed by atoms with Crippen molar-refractivity contribution in [3.05, 3.63) is 0 Å². The molecule has 20 heavy (non-hydrogen) atoms. The van der Waals surface area contributed by atoms with Crippen LogP contribution in [-0.2, 0) is 14.3 Å². The van der Waals surface area contributed by atoms with Gasteiger partial charge in [0.05, 0.1) is 18.8 Å². The molecule has 1 saturated heterocycles. The number of nitrogens with two attached hydrogens (primary N) is 1. The second kappa shape index (κ2) is 7.59. The number of carbonyl (C=O) groups is 2. The van der Waals surface area contributed by atoms with Crippen LogP contribution in [0.1, 0.15) is 33.6 Å². The predicted molar refractivity (Wildman–Crippen MR) is 77.1 cm³/mol. The molecule has 1 aliphatic rings. The second-order valence-electron chi connectivity index (χ2n) is 5.82. The van der Waals surface area contributed by atoms with Crippen molar-refractivity contribution < 1.29 is 14.3 Å². The molecule has 0 aromatic carbocycles. The Hall–Kier alpha value is -1.14. The Labute approximate surface area is 121 Å². The molecule has 6 heteroatoms. The number of amides is 2. The summed E-state index contributed by atoms with van der Waals surface area (Å²) in [6, 6.07) is 0. The first kappa shape index (κ1) is 16.9. The standard InChI is InChI=1S/C14H27N3O3/c1-11(2)14(3,10-15)16-12(18)4-5-13(19)17-6-8-20-9-7-17/h11H,4-10,15H2,1-3H3,(H,16,18). The van der Waals surface area contributed by atoms with Crippen LogP contribution in [0, 0.1) is 5.92 Å². The molecule has 1 unspecified atom stereocenters. The van der Waals surface area contributed by atoms with Gasteiger partial charge in [-0.3, -0.25) is 9.59 Å². The van der Waals surface area contributed by atoms with E-state index >= 15 is 0 Å². The summed E-state index contributed by atoms with van der Waals surface area (Å²) in [5.41, 5.74) is 5.31. The molecule has 6 nitrogen and oxygen atoms in total. The van der Waals surface area contributed by atoms with Crippen molar-refractivity contribution in [2.75, 3.05) is 32.8 Å². The van der Waals surface area contributed by atoms with Gasteiger partial charge in [-0.25, -0.2) is 0 Å². The number of rotatable bonds is 6. The summed E-state index contributed by atoms with van der Waals surface area (Å²) in [5.74, 6) is 0.141. The lowest BCUT2D eigenvalue weighted by molar-refractivity contribution is -0.137. The molecule has 0 radical (unpaired) electrons. The number of carbonyl (C=O) groups excluding carboxylic acids is 2. The molecule has 0 bridgehead atoms. The van der Waals surface area contributed by atoms with E-state index in [0.717, 1.165) is 0 Å². The smallest absolute Gasteiger partial charge is 0.223 e. The van der Waals surface area contributed by atoms with E-state index in [1.165, 1.54) is 0 Å². The second-order valence-corrected chi connectivity index (χ2v) is 5.82. The van der Waals surface area contributed by atoms with Gasteiger partial charge in [0.2, 0.25) is 11.8 Å². The summed E-state index contributed by atoms with van der Waals surface area (Å²) in [6.07, 6.45) is 0.448. The number of nitrogens with zero attached hydrogens (tertiary/aromatic N) is 1. The molecule has 0 aromatic heterocycles. The summed E-state index contributed by atoms with van der Waals surface area (Å²) in [5, 5.41) is 2.94. The van der Waals surface area contributed by atoms with Crippen molar-refractivity contribution in [3.8, 4) is 0 Å². The van der Waals surface area contributed by atoms with Crippen LogP contribution in [-0.4, -0.2) is 55.1 Å². The van der Waals surface area contributed by atoms with Gasteiger partial charge in [-0.2, -0.15) is 0 Å². The number of ether oxygens (including phenoxy) is 1. The van der Waals surface area contributed by atoms with Crippen LogP contribution in [0.4, 0.5) is 0 Å².